The van der Waals surface area contributed by atoms with Crippen molar-refractivity contribution in [1.29, 1.82) is 0 Å². The van der Waals surface area contributed by atoms with E-state index in [1.807, 2.05) is 0 Å². The topological polar surface area (TPSA) is 81.4 Å². The fourth-order valence-corrected chi connectivity index (χ4v) is 5.46. The molecule has 1 aromatic carbocycles. The van der Waals surface area contributed by atoms with Crippen LogP contribution >= 0.6 is 34.5 Å². The van der Waals surface area contributed by atoms with Gasteiger partial charge in [-0.15, -0.1) is 11.3 Å². The first kappa shape index (κ1) is 20.9. The molecular weight excluding hydrogens is 447 g/mol. The summed E-state index contributed by atoms with van der Waals surface area (Å²) in [6, 6.07) is 5.04. The summed E-state index contributed by atoms with van der Waals surface area (Å²) in [6.45, 7) is 3.65. The number of thiophene rings is 1. The third-order valence-corrected chi connectivity index (χ3v) is 6.75. The molecule has 30 heavy (non-hydrogen) atoms. The Bertz CT molecular complexity index is 1130. The number of hydrogen-bond acceptors (Lipinski definition) is 6. The maximum atomic E-state index is 13.2. The first-order valence-corrected chi connectivity index (χ1v) is 11.0. The van der Waals surface area contributed by atoms with Gasteiger partial charge >= 0.3 is 5.97 Å². The van der Waals surface area contributed by atoms with Gasteiger partial charge in [0.15, 0.2) is 0 Å². The van der Waals surface area contributed by atoms with E-state index in [-0.39, 0.29) is 17.9 Å². The lowest BCUT2D eigenvalue weighted by Crippen LogP contribution is -2.16. The van der Waals surface area contributed by atoms with E-state index in [0.29, 0.717) is 31.9 Å². The van der Waals surface area contributed by atoms with Crippen molar-refractivity contribution in [3.8, 4) is 11.3 Å². The number of amides is 1. The number of nitrogens with one attached hydrogen (secondary N) is 1. The van der Waals surface area contributed by atoms with E-state index in [4.69, 9.17) is 32.5 Å². The molecule has 0 saturated heterocycles. The van der Waals surface area contributed by atoms with E-state index in [1.54, 1.807) is 32.0 Å². The van der Waals surface area contributed by atoms with Gasteiger partial charge in [-0.3, -0.25) is 4.79 Å². The molecule has 0 aliphatic heterocycles. The van der Waals surface area contributed by atoms with Crippen molar-refractivity contribution in [2.45, 2.75) is 33.1 Å². The lowest BCUT2D eigenvalue weighted by molar-refractivity contribution is 0.0527. The summed E-state index contributed by atoms with van der Waals surface area (Å²) in [5, 5.41) is 8.06. The zero-order valence-electron chi connectivity index (χ0n) is 16.3. The average Bonchev–Trinajstić information content (AvgIpc) is 3.36. The van der Waals surface area contributed by atoms with E-state index in [9.17, 15) is 9.59 Å². The summed E-state index contributed by atoms with van der Waals surface area (Å²) in [7, 11) is 0. The van der Waals surface area contributed by atoms with Gasteiger partial charge in [0.1, 0.15) is 22.0 Å². The van der Waals surface area contributed by atoms with E-state index in [1.165, 1.54) is 11.3 Å². The molecule has 2 heterocycles. The Kier molecular flexibility index (Phi) is 5.86. The molecule has 156 valence electrons. The number of benzene rings is 1. The van der Waals surface area contributed by atoms with Gasteiger partial charge in [0.2, 0.25) is 0 Å². The van der Waals surface area contributed by atoms with Crippen LogP contribution in [0.5, 0.6) is 0 Å². The predicted octanol–water partition coefficient (Wildman–Crippen LogP) is 5.94. The molecule has 1 amide bonds. The van der Waals surface area contributed by atoms with Crippen molar-refractivity contribution < 1.29 is 18.8 Å². The molecule has 9 heteroatoms. The summed E-state index contributed by atoms with van der Waals surface area (Å²) >= 11 is 14.0. The van der Waals surface area contributed by atoms with Crippen LogP contribution in [0.3, 0.4) is 0 Å². The van der Waals surface area contributed by atoms with Crippen LogP contribution in [0.25, 0.3) is 11.3 Å². The molecule has 1 N–H and O–H groups in total. The van der Waals surface area contributed by atoms with Crippen LogP contribution in [-0.4, -0.2) is 23.6 Å². The second-order valence-electron chi connectivity index (χ2n) is 6.80. The number of rotatable bonds is 5. The number of anilines is 1. The van der Waals surface area contributed by atoms with Crippen molar-refractivity contribution in [3.63, 3.8) is 0 Å². The van der Waals surface area contributed by atoms with Crippen LogP contribution in [-0.2, 0) is 17.6 Å². The Morgan fingerprint density at radius 1 is 1.23 bits per heavy atom. The maximum absolute atomic E-state index is 13.2. The van der Waals surface area contributed by atoms with Crippen LogP contribution < -0.4 is 5.32 Å². The van der Waals surface area contributed by atoms with Crippen LogP contribution in [0.1, 0.15) is 50.3 Å². The summed E-state index contributed by atoms with van der Waals surface area (Å²) in [6.07, 6.45) is 2.67. The Hall–Kier alpha value is -2.35. The molecule has 0 bridgehead atoms. The van der Waals surface area contributed by atoms with Crippen molar-refractivity contribution in [2.75, 3.05) is 11.9 Å². The second-order valence-corrected chi connectivity index (χ2v) is 8.71. The Morgan fingerprint density at radius 3 is 2.67 bits per heavy atom. The highest BCUT2D eigenvalue weighted by molar-refractivity contribution is 7.17. The van der Waals surface area contributed by atoms with Gasteiger partial charge in [0.25, 0.3) is 5.91 Å². The van der Waals surface area contributed by atoms with Crippen molar-refractivity contribution >= 4 is 51.4 Å². The number of aryl methyl sites for hydroxylation is 2. The van der Waals surface area contributed by atoms with Crippen LogP contribution in [0.4, 0.5) is 5.00 Å². The first-order valence-electron chi connectivity index (χ1n) is 9.46. The fraction of sp³-hybridized carbons (Fsp3) is 0.286. The highest BCUT2D eigenvalue weighted by Crippen LogP contribution is 2.41. The molecule has 0 fully saturated rings. The van der Waals surface area contributed by atoms with Gasteiger partial charge in [-0.25, -0.2) is 4.79 Å². The van der Waals surface area contributed by atoms with Gasteiger partial charge in [-0.1, -0.05) is 34.4 Å². The Balaban J connectivity index is 1.74. The summed E-state index contributed by atoms with van der Waals surface area (Å²) in [4.78, 5) is 26.9. The molecule has 6 nitrogen and oxygen atoms in total. The number of fused-ring (bicyclic) bond motifs is 1. The largest absolute Gasteiger partial charge is 0.462 e. The number of carbonyl (C=O) groups excluding carboxylic acids is 2. The van der Waals surface area contributed by atoms with Crippen LogP contribution in [0.2, 0.25) is 10.0 Å². The first-order chi connectivity index (χ1) is 14.4. The SMILES string of the molecule is CCOC(=O)c1c(NC(=O)c2c(-c3c(Cl)cccc3Cl)noc2C)sc2c1CCC2. The number of ether oxygens (including phenoxy) is 1. The van der Waals surface area contributed by atoms with Crippen molar-refractivity contribution in [2.24, 2.45) is 0 Å². The molecule has 1 aliphatic carbocycles. The van der Waals surface area contributed by atoms with Gasteiger partial charge < -0.3 is 14.6 Å². The smallest absolute Gasteiger partial charge is 0.341 e. The van der Waals surface area contributed by atoms with E-state index >= 15 is 0 Å². The average molecular weight is 465 g/mol. The monoisotopic (exact) mass is 464 g/mol. The summed E-state index contributed by atoms with van der Waals surface area (Å²) in [5.41, 5.74) is 2.29. The number of carbonyl (C=O) groups is 2. The molecule has 0 atom stereocenters. The molecule has 3 aromatic rings. The molecule has 2 aromatic heterocycles. The van der Waals surface area contributed by atoms with Crippen molar-refractivity contribution in [1.82, 2.24) is 5.16 Å². The molecule has 0 saturated carbocycles. The third kappa shape index (κ3) is 3.62. The number of hydrogen-bond donors (Lipinski definition) is 1. The minimum Gasteiger partial charge on any atom is -0.462 e. The van der Waals surface area contributed by atoms with Crippen molar-refractivity contribution in [3.05, 3.63) is 55.6 Å². The maximum Gasteiger partial charge on any atom is 0.341 e. The van der Waals surface area contributed by atoms with Gasteiger partial charge in [0.05, 0.1) is 22.2 Å². The molecule has 1 aliphatic rings. The second kappa shape index (κ2) is 8.41. The fourth-order valence-electron chi connectivity index (χ4n) is 3.61. The number of halogens is 2. The minimum atomic E-state index is -0.454. The molecule has 4 rings (SSSR count). The molecule has 0 unspecified atom stereocenters. The highest BCUT2D eigenvalue weighted by Gasteiger charge is 2.31. The molecule has 0 radical (unpaired) electrons. The zero-order valence-corrected chi connectivity index (χ0v) is 18.6. The Morgan fingerprint density at radius 2 is 1.97 bits per heavy atom. The van der Waals surface area contributed by atoms with Gasteiger partial charge in [-0.2, -0.15) is 0 Å². The van der Waals surface area contributed by atoms with Crippen LogP contribution in [0, 0.1) is 6.92 Å². The zero-order chi connectivity index (χ0) is 21.4. The number of aromatic nitrogens is 1. The van der Waals surface area contributed by atoms with Gasteiger partial charge in [-0.05, 0) is 50.8 Å². The van der Waals surface area contributed by atoms with Gasteiger partial charge in [0, 0.05) is 10.4 Å². The van der Waals surface area contributed by atoms with E-state index in [2.05, 4.69) is 10.5 Å². The lowest BCUT2D eigenvalue weighted by Gasteiger charge is -2.09. The van der Waals surface area contributed by atoms with E-state index in [0.717, 1.165) is 29.7 Å². The number of esters is 1. The molecule has 0 spiro atoms. The van der Waals surface area contributed by atoms with E-state index < -0.39 is 11.9 Å². The van der Waals surface area contributed by atoms with Crippen LogP contribution in [0.15, 0.2) is 22.7 Å². The standard InChI is InChI=1S/C21H18Cl2N2O4S/c1-3-28-21(27)16-11-6-4-9-14(11)30-20(16)24-19(26)15-10(2)29-25-18(15)17-12(22)7-5-8-13(17)23/h5,7-8H,3-4,6,9H2,1-2H3,(H,24,26). The summed E-state index contributed by atoms with van der Waals surface area (Å²) < 4.78 is 10.5. The molecular formula is C21H18Cl2N2O4S. The number of nitrogens with zero attached hydrogens (tertiary/aromatic N) is 1. The highest BCUT2D eigenvalue weighted by atomic mass is 35.5. The third-order valence-electron chi connectivity index (χ3n) is 4.92. The minimum absolute atomic E-state index is 0.216. The normalized spacial score (nSPS) is 12.7. The lowest BCUT2D eigenvalue weighted by atomic mass is 10.1. The predicted molar refractivity (Wildman–Crippen MR) is 117 cm³/mol. The quantitative estimate of drug-likeness (QED) is 0.472. The summed E-state index contributed by atoms with van der Waals surface area (Å²) in [5.74, 6) is -0.561. The Labute approximate surface area is 187 Å².